The van der Waals surface area contributed by atoms with Crippen molar-refractivity contribution in [1.29, 1.82) is 0 Å². The van der Waals surface area contributed by atoms with Gasteiger partial charge in [0.05, 0.1) is 5.41 Å². The largest absolute Gasteiger partial charge is 0.481 e. The zero-order valence-electron chi connectivity index (χ0n) is 13.1. The summed E-state index contributed by atoms with van der Waals surface area (Å²) in [6.45, 7) is 6.79. The minimum Gasteiger partial charge on any atom is -0.481 e. The van der Waals surface area contributed by atoms with Gasteiger partial charge in [0, 0.05) is 25.0 Å². The standard InChI is InChI=1S/C15H28N2O3/c1-5-15(6-2,14(19)20)10-13(18)16-12-7-8-17(4)11(3)9-12/h11-12H,5-10H2,1-4H3,(H,16,18)(H,19,20). The number of hydrogen-bond donors (Lipinski definition) is 2. The van der Waals surface area contributed by atoms with Gasteiger partial charge in [-0.25, -0.2) is 0 Å². The Morgan fingerprint density at radius 3 is 2.40 bits per heavy atom. The summed E-state index contributed by atoms with van der Waals surface area (Å²) in [6, 6.07) is 0.629. The Hall–Kier alpha value is -1.10. The van der Waals surface area contributed by atoms with E-state index in [0.717, 1.165) is 19.4 Å². The van der Waals surface area contributed by atoms with Gasteiger partial charge in [-0.3, -0.25) is 9.59 Å². The lowest BCUT2D eigenvalue weighted by molar-refractivity contribution is -0.152. The second-order valence-corrected chi connectivity index (χ2v) is 6.09. The summed E-state index contributed by atoms with van der Waals surface area (Å²) < 4.78 is 0. The van der Waals surface area contributed by atoms with Crippen molar-refractivity contribution in [2.45, 2.75) is 65.0 Å². The van der Waals surface area contributed by atoms with Gasteiger partial charge in [0.15, 0.2) is 0 Å². The molecule has 1 aliphatic heterocycles. The molecule has 5 nitrogen and oxygen atoms in total. The number of piperidine rings is 1. The highest BCUT2D eigenvalue weighted by Gasteiger charge is 2.37. The van der Waals surface area contributed by atoms with Crippen LogP contribution in [-0.2, 0) is 9.59 Å². The lowest BCUT2D eigenvalue weighted by atomic mass is 9.79. The van der Waals surface area contributed by atoms with Crippen molar-refractivity contribution in [1.82, 2.24) is 10.2 Å². The summed E-state index contributed by atoms with van der Waals surface area (Å²) in [5.41, 5.74) is -0.916. The number of rotatable bonds is 6. The number of carboxylic acids is 1. The Morgan fingerprint density at radius 1 is 1.35 bits per heavy atom. The third-order valence-electron chi connectivity index (χ3n) is 4.88. The SMILES string of the molecule is CCC(CC)(CC(=O)NC1CCN(C)C(C)C1)C(=O)O. The van der Waals surface area contributed by atoms with E-state index in [4.69, 9.17) is 0 Å². The van der Waals surface area contributed by atoms with E-state index in [1.807, 2.05) is 13.8 Å². The molecule has 2 unspecified atom stereocenters. The Morgan fingerprint density at radius 2 is 1.95 bits per heavy atom. The van der Waals surface area contributed by atoms with Gasteiger partial charge in [0.25, 0.3) is 0 Å². The van der Waals surface area contributed by atoms with Crippen LogP contribution in [0.4, 0.5) is 0 Å². The first-order chi connectivity index (χ1) is 9.34. The Labute approximate surface area is 121 Å². The Bertz CT molecular complexity index is 353. The molecule has 2 atom stereocenters. The molecule has 2 N–H and O–H groups in total. The maximum atomic E-state index is 12.1. The molecule has 0 saturated carbocycles. The maximum absolute atomic E-state index is 12.1. The summed E-state index contributed by atoms with van der Waals surface area (Å²) in [7, 11) is 2.09. The van der Waals surface area contributed by atoms with Crippen LogP contribution in [0, 0.1) is 5.41 Å². The summed E-state index contributed by atoms with van der Waals surface area (Å²) in [5.74, 6) is -0.993. The summed E-state index contributed by atoms with van der Waals surface area (Å²) in [6.07, 6.45) is 2.91. The van der Waals surface area contributed by atoms with Crippen LogP contribution >= 0.6 is 0 Å². The van der Waals surface area contributed by atoms with E-state index in [2.05, 4.69) is 24.2 Å². The molecular weight excluding hydrogens is 256 g/mol. The zero-order chi connectivity index (χ0) is 15.3. The molecule has 1 amide bonds. The van der Waals surface area contributed by atoms with Crippen molar-refractivity contribution in [3.63, 3.8) is 0 Å². The quantitative estimate of drug-likeness (QED) is 0.781. The lowest BCUT2D eigenvalue weighted by Crippen LogP contribution is -2.48. The first-order valence-corrected chi connectivity index (χ1v) is 7.57. The number of aliphatic carboxylic acids is 1. The van der Waals surface area contributed by atoms with Crippen molar-refractivity contribution in [3.8, 4) is 0 Å². The average Bonchev–Trinajstić information content (AvgIpc) is 2.40. The first-order valence-electron chi connectivity index (χ1n) is 7.57. The molecule has 0 aromatic heterocycles. The molecule has 0 aromatic carbocycles. The summed E-state index contributed by atoms with van der Waals surface area (Å²) in [4.78, 5) is 25.8. The highest BCUT2D eigenvalue weighted by molar-refractivity contribution is 5.85. The van der Waals surface area contributed by atoms with Crippen LogP contribution in [0.1, 0.15) is 52.9 Å². The van der Waals surface area contributed by atoms with Gasteiger partial charge in [-0.05, 0) is 39.7 Å². The molecule has 0 aromatic rings. The molecular formula is C15H28N2O3. The van der Waals surface area contributed by atoms with Gasteiger partial charge >= 0.3 is 5.97 Å². The molecule has 1 fully saturated rings. The number of likely N-dealkylation sites (tertiary alicyclic amines) is 1. The lowest BCUT2D eigenvalue weighted by Gasteiger charge is -2.36. The zero-order valence-corrected chi connectivity index (χ0v) is 13.1. The van der Waals surface area contributed by atoms with Crippen LogP contribution in [0.3, 0.4) is 0 Å². The molecule has 0 radical (unpaired) electrons. The first kappa shape index (κ1) is 17.0. The number of nitrogens with one attached hydrogen (secondary N) is 1. The predicted molar refractivity (Wildman–Crippen MR) is 78.5 cm³/mol. The molecule has 5 heteroatoms. The summed E-state index contributed by atoms with van der Waals surface area (Å²) in [5, 5.41) is 12.4. The van der Waals surface area contributed by atoms with Crippen molar-refractivity contribution < 1.29 is 14.7 Å². The van der Waals surface area contributed by atoms with E-state index in [1.54, 1.807) is 0 Å². The second-order valence-electron chi connectivity index (χ2n) is 6.09. The molecule has 1 rings (SSSR count). The number of nitrogens with zero attached hydrogens (tertiary/aromatic N) is 1. The van der Waals surface area contributed by atoms with Crippen molar-refractivity contribution >= 4 is 11.9 Å². The van der Waals surface area contributed by atoms with Gasteiger partial charge in [-0.2, -0.15) is 0 Å². The fraction of sp³-hybridized carbons (Fsp3) is 0.867. The van der Waals surface area contributed by atoms with E-state index in [9.17, 15) is 14.7 Å². The van der Waals surface area contributed by atoms with Crippen LogP contribution in [0.5, 0.6) is 0 Å². The van der Waals surface area contributed by atoms with Gasteiger partial charge in [-0.1, -0.05) is 13.8 Å². The van der Waals surface area contributed by atoms with E-state index in [-0.39, 0.29) is 18.4 Å². The minimum atomic E-state index is -0.916. The molecule has 0 spiro atoms. The normalized spacial score (nSPS) is 24.4. The smallest absolute Gasteiger partial charge is 0.310 e. The fourth-order valence-electron chi connectivity index (χ4n) is 2.88. The van der Waals surface area contributed by atoms with Gasteiger partial charge in [-0.15, -0.1) is 0 Å². The van der Waals surface area contributed by atoms with Crippen LogP contribution in [0.25, 0.3) is 0 Å². The fourth-order valence-corrected chi connectivity index (χ4v) is 2.88. The van der Waals surface area contributed by atoms with Crippen molar-refractivity contribution in [2.75, 3.05) is 13.6 Å². The maximum Gasteiger partial charge on any atom is 0.310 e. The number of carbonyl (C=O) groups excluding carboxylic acids is 1. The third kappa shape index (κ3) is 3.95. The number of amides is 1. The van der Waals surface area contributed by atoms with E-state index < -0.39 is 11.4 Å². The predicted octanol–water partition coefficient (Wildman–Crippen LogP) is 1.87. The van der Waals surface area contributed by atoms with Crippen LogP contribution < -0.4 is 5.32 Å². The number of carboxylic acid groups (broad SMARTS) is 1. The molecule has 116 valence electrons. The minimum absolute atomic E-state index is 0.0794. The highest BCUT2D eigenvalue weighted by atomic mass is 16.4. The highest BCUT2D eigenvalue weighted by Crippen LogP contribution is 2.31. The molecule has 1 aliphatic rings. The third-order valence-corrected chi connectivity index (χ3v) is 4.88. The average molecular weight is 284 g/mol. The Balaban J connectivity index is 2.56. The molecule has 1 saturated heterocycles. The van der Waals surface area contributed by atoms with Crippen LogP contribution in [0.2, 0.25) is 0 Å². The Kier molecular flexibility index (Phi) is 5.99. The van der Waals surface area contributed by atoms with Crippen LogP contribution in [-0.4, -0.2) is 47.6 Å². The van der Waals surface area contributed by atoms with Crippen molar-refractivity contribution in [2.24, 2.45) is 5.41 Å². The summed E-state index contributed by atoms with van der Waals surface area (Å²) >= 11 is 0. The number of hydrogen-bond acceptors (Lipinski definition) is 3. The van der Waals surface area contributed by atoms with E-state index in [1.165, 1.54) is 0 Å². The van der Waals surface area contributed by atoms with E-state index >= 15 is 0 Å². The molecule has 0 bridgehead atoms. The molecule has 20 heavy (non-hydrogen) atoms. The number of carbonyl (C=O) groups is 2. The molecule has 0 aliphatic carbocycles. The van der Waals surface area contributed by atoms with Crippen LogP contribution in [0.15, 0.2) is 0 Å². The van der Waals surface area contributed by atoms with Gasteiger partial charge in [0.2, 0.25) is 5.91 Å². The van der Waals surface area contributed by atoms with Gasteiger partial charge in [0.1, 0.15) is 0 Å². The van der Waals surface area contributed by atoms with Gasteiger partial charge < -0.3 is 15.3 Å². The monoisotopic (exact) mass is 284 g/mol. The topological polar surface area (TPSA) is 69.6 Å². The second kappa shape index (κ2) is 7.07. The molecule has 1 heterocycles. The van der Waals surface area contributed by atoms with Crippen molar-refractivity contribution in [3.05, 3.63) is 0 Å². The van der Waals surface area contributed by atoms with E-state index in [0.29, 0.717) is 18.9 Å².